The van der Waals surface area contributed by atoms with Crippen LogP contribution in [0.1, 0.15) is 33.1 Å². The largest absolute Gasteiger partial charge is 0.466 e. The van der Waals surface area contributed by atoms with Crippen LogP contribution in [-0.4, -0.2) is 43.1 Å². The molecule has 0 bridgehead atoms. The lowest BCUT2D eigenvalue weighted by atomic mass is 10.0. The molecular formula is C13H22N2O5. The summed E-state index contributed by atoms with van der Waals surface area (Å²) in [5.74, 6) is -1.96. The Morgan fingerprint density at radius 2 is 2.15 bits per heavy atom. The van der Waals surface area contributed by atoms with E-state index in [0.29, 0.717) is 13.0 Å². The molecule has 0 aromatic rings. The maximum Gasteiger partial charge on any atom is 0.308 e. The summed E-state index contributed by atoms with van der Waals surface area (Å²) in [7, 11) is 0. The zero-order valence-electron chi connectivity index (χ0n) is 11.9. The van der Waals surface area contributed by atoms with E-state index in [9.17, 15) is 14.4 Å². The monoisotopic (exact) mass is 286 g/mol. The summed E-state index contributed by atoms with van der Waals surface area (Å²) < 4.78 is 10.1. The van der Waals surface area contributed by atoms with Gasteiger partial charge in [0.05, 0.1) is 12.5 Å². The third-order valence-corrected chi connectivity index (χ3v) is 3.16. The second kappa shape index (κ2) is 7.84. The molecule has 1 heterocycles. The Bertz CT molecular complexity index is 366. The lowest BCUT2D eigenvalue weighted by Gasteiger charge is -2.20. The van der Waals surface area contributed by atoms with Crippen LogP contribution in [0.2, 0.25) is 0 Å². The standard InChI is InChI=1S/C13H22N2O5/c1-3-19-13(18)8(2)7-9(11(14)16)15-12(17)10-5-4-6-20-10/h8-10H,3-7H2,1-2H3,(H2,14,16)(H,15,17)/t8-,9+,10+/m0/s1. The maximum atomic E-state index is 11.9. The molecule has 7 nitrogen and oxygen atoms in total. The van der Waals surface area contributed by atoms with Crippen LogP contribution in [0.25, 0.3) is 0 Å². The number of amides is 2. The molecule has 0 saturated carbocycles. The van der Waals surface area contributed by atoms with Crippen molar-refractivity contribution in [3.63, 3.8) is 0 Å². The second-order valence-electron chi connectivity index (χ2n) is 4.85. The van der Waals surface area contributed by atoms with Crippen molar-refractivity contribution in [1.29, 1.82) is 0 Å². The molecule has 3 atom stereocenters. The van der Waals surface area contributed by atoms with Crippen molar-refractivity contribution in [3.05, 3.63) is 0 Å². The van der Waals surface area contributed by atoms with Crippen molar-refractivity contribution in [2.75, 3.05) is 13.2 Å². The summed E-state index contributed by atoms with van der Waals surface area (Å²) >= 11 is 0. The molecule has 0 unspecified atom stereocenters. The van der Waals surface area contributed by atoms with E-state index < -0.39 is 29.9 Å². The molecule has 1 saturated heterocycles. The van der Waals surface area contributed by atoms with Gasteiger partial charge >= 0.3 is 5.97 Å². The molecule has 0 aliphatic carbocycles. The molecule has 1 aliphatic rings. The van der Waals surface area contributed by atoms with Gasteiger partial charge in [0, 0.05) is 6.61 Å². The van der Waals surface area contributed by atoms with Crippen molar-refractivity contribution < 1.29 is 23.9 Å². The van der Waals surface area contributed by atoms with Gasteiger partial charge in [-0.25, -0.2) is 0 Å². The number of hydrogen-bond acceptors (Lipinski definition) is 5. The first-order valence-electron chi connectivity index (χ1n) is 6.83. The van der Waals surface area contributed by atoms with E-state index in [1.807, 2.05) is 0 Å². The molecule has 3 N–H and O–H groups in total. The molecule has 1 aliphatic heterocycles. The van der Waals surface area contributed by atoms with Crippen LogP contribution in [0.15, 0.2) is 0 Å². The van der Waals surface area contributed by atoms with Crippen LogP contribution in [0, 0.1) is 5.92 Å². The van der Waals surface area contributed by atoms with Gasteiger partial charge in [0.25, 0.3) is 0 Å². The Balaban J connectivity index is 2.53. The molecule has 0 spiro atoms. The highest BCUT2D eigenvalue weighted by Crippen LogP contribution is 2.13. The molecular weight excluding hydrogens is 264 g/mol. The van der Waals surface area contributed by atoms with E-state index in [4.69, 9.17) is 15.2 Å². The van der Waals surface area contributed by atoms with Crippen molar-refractivity contribution in [2.24, 2.45) is 11.7 Å². The summed E-state index contributed by atoms with van der Waals surface area (Å²) in [5.41, 5.74) is 5.26. The van der Waals surface area contributed by atoms with Gasteiger partial charge < -0.3 is 20.5 Å². The number of esters is 1. The molecule has 1 rings (SSSR count). The summed E-state index contributed by atoms with van der Waals surface area (Å²) in [6.45, 7) is 4.15. The van der Waals surface area contributed by atoms with Gasteiger partial charge in [-0.15, -0.1) is 0 Å². The predicted octanol–water partition coefficient (Wildman–Crippen LogP) is -0.275. The minimum atomic E-state index is -0.897. The van der Waals surface area contributed by atoms with Crippen molar-refractivity contribution in [2.45, 2.75) is 45.3 Å². The topological polar surface area (TPSA) is 108 Å². The molecule has 0 aromatic heterocycles. The third-order valence-electron chi connectivity index (χ3n) is 3.16. The summed E-state index contributed by atoms with van der Waals surface area (Å²) in [6, 6.07) is -0.897. The lowest BCUT2D eigenvalue weighted by molar-refractivity contribution is -0.148. The minimum absolute atomic E-state index is 0.118. The quantitative estimate of drug-likeness (QED) is 0.626. The van der Waals surface area contributed by atoms with Crippen molar-refractivity contribution >= 4 is 17.8 Å². The highest BCUT2D eigenvalue weighted by atomic mass is 16.5. The first-order valence-corrected chi connectivity index (χ1v) is 6.83. The maximum absolute atomic E-state index is 11.9. The van der Waals surface area contributed by atoms with Crippen LogP contribution >= 0.6 is 0 Å². The fourth-order valence-corrected chi connectivity index (χ4v) is 2.03. The number of nitrogens with one attached hydrogen (secondary N) is 1. The smallest absolute Gasteiger partial charge is 0.308 e. The number of hydrogen-bond donors (Lipinski definition) is 2. The van der Waals surface area contributed by atoms with E-state index in [1.165, 1.54) is 0 Å². The summed E-state index contributed by atoms with van der Waals surface area (Å²) in [4.78, 5) is 34.8. The minimum Gasteiger partial charge on any atom is -0.466 e. The number of carbonyl (C=O) groups excluding carboxylic acids is 3. The van der Waals surface area contributed by atoms with E-state index in [1.54, 1.807) is 13.8 Å². The van der Waals surface area contributed by atoms with Gasteiger partial charge in [-0.3, -0.25) is 14.4 Å². The number of primary amides is 1. The SMILES string of the molecule is CCOC(=O)[C@@H](C)C[C@@H](NC(=O)[C@H]1CCCO1)C(N)=O. The second-order valence-corrected chi connectivity index (χ2v) is 4.85. The number of rotatable bonds is 7. The number of carbonyl (C=O) groups is 3. The molecule has 114 valence electrons. The molecule has 20 heavy (non-hydrogen) atoms. The Kier molecular flexibility index (Phi) is 6.44. The zero-order valence-corrected chi connectivity index (χ0v) is 11.9. The summed E-state index contributed by atoms with van der Waals surface area (Å²) in [5, 5.41) is 2.54. The van der Waals surface area contributed by atoms with Crippen LogP contribution in [0.3, 0.4) is 0 Å². The molecule has 7 heteroatoms. The van der Waals surface area contributed by atoms with Crippen LogP contribution in [0.5, 0.6) is 0 Å². The highest BCUT2D eigenvalue weighted by Gasteiger charge is 2.29. The van der Waals surface area contributed by atoms with Gasteiger partial charge in [0.2, 0.25) is 11.8 Å². The Morgan fingerprint density at radius 1 is 1.45 bits per heavy atom. The Morgan fingerprint density at radius 3 is 2.65 bits per heavy atom. The molecule has 2 amide bonds. The molecule has 0 radical (unpaired) electrons. The summed E-state index contributed by atoms with van der Waals surface area (Å²) in [6.07, 6.45) is 1.03. The average molecular weight is 286 g/mol. The fourth-order valence-electron chi connectivity index (χ4n) is 2.03. The highest BCUT2D eigenvalue weighted by molar-refractivity contribution is 5.89. The van der Waals surface area contributed by atoms with Gasteiger partial charge in [-0.1, -0.05) is 6.92 Å². The predicted molar refractivity (Wildman–Crippen MR) is 70.5 cm³/mol. The first kappa shape index (κ1) is 16.4. The normalized spacial score (nSPS) is 21.0. The third kappa shape index (κ3) is 4.80. The molecule has 0 aromatic carbocycles. The number of ether oxygens (including phenoxy) is 2. The average Bonchev–Trinajstić information content (AvgIpc) is 2.91. The van der Waals surface area contributed by atoms with Crippen molar-refractivity contribution in [3.8, 4) is 0 Å². The van der Waals surface area contributed by atoms with Gasteiger partial charge in [0.1, 0.15) is 12.1 Å². The van der Waals surface area contributed by atoms with E-state index in [-0.39, 0.29) is 18.9 Å². The lowest BCUT2D eigenvalue weighted by Crippen LogP contribution is -2.49. The fraction of sp³-hybridized carbons (Fsp3) is 0.769. The van der Waals surface area contributed by atoms with Gasteiger partial charge in [-0.05, 0) is 26.2 Å². The van der Waals surface area contributed by atoms with Crippen molar-refractivity contribution in [1.82, 2.24) is 5.32 Å². The Hall–Kier alpha value is -1.63. The van der Waals surface area contributed by atoms with Gasteiger partial charge in [-0.2, -0.15) is 0 Å². The van der Waals surface area contributed by atoms with Gasteiger partial charge in [0.15, 0.2) is 0 Å². The van der Waals surface area contributed by atoms with Crippen LogP contribution < -0.4 is 11.1 Å². The number of nitrogens with two attached hydrogens (primary N) is 1. The Labute approximate surface area is 118 Å². The van der Waals surface area contributed by atoms with E-state index in [0.717, 1.165) is 6.42 Å². The van der Waals surface area contributed by atoms with Crippen LogP contribution in [0.4, 0.5) is 0 Å². The zero-order chi connectivity index (χ0) is 15.1. The first-order chi connectivity index (χ1) is 9.45. The molecule has 1 fully saturated rings. The van der Waals surface area contributed by atoms with Crippen LogP contribution in [-0.2, 0) is 23.9 Å². The van der Waals surface area contributed by atoms with E-state index >= 15 is 0 Å². The van der Waals surface area contributed by atoms with E-state index in [2.05, 4.69) is 5.32 Å².